The summed E-state index contributed by atoms with van der Waals surface area (Å²) in [4.78, 5) is 30.7. The summed E-state index contributed by atoms with van der Waals surface area (Å²) in [5.74, 6) is -1.98. The molecule has 0 aliphatic heterocycles. The molecule has 0 fully saturated rings. The van der Waals surface area contributed by atoms with Crippen LogP contribution in [0.2, 0.25) is 15.2 Å². The number of anilines is 1. The van der Waals surface area contributed by atoms with Crippen molar-refractivity contribution in [1.29, 1.82) is 0 Å². The number of benzene rings is 1. The van der Waals surface area contributed by atoms with Crippen LogP contribution in [0.3, 0.4) is 0 Å². The molecular formula is C12H6Cl3N3O3. The highest BCUT2D eigenvalue weighted by molar-refractivity contribution is 6.38. The fourth-order valence-electron chi connectivity index (χ4n) is 1.50. The molecule has 1 aromatic carbocycles. The number of carboxylic acid groups (broad SMARTS) is 1. The maximum atomic E-state index is 12.0. The summed E-state index contributed by atoms with van der Waals surface area (Å²) in [6.07, 6.45) is 2.45. The van der Waals surface area contributed by atoms with E-state index in [4.69, 9.17) is 39.9 Å². The number of aromatic nitrogens is 2. The van der Waals surface area contributed by atoms with Crippen molar-refractivity contribution in [1.82, 2.24) is 9.97 Å². The lowest BCUT2D eigenvalue weighted by molar-refractivity contribution is 0.0698. The monoisotopic (exact) mass is 345 g/mol. The highest BCUT2D eigenvalue weighted by atomic mass is 35.5. The Labute approximate surface area is 133 Å². The van der Waals surface area contributed by atoms with Gasteiger partial charge in [-0.1, -0.05) is 34.8 Å². The Hall–Kier alpha value is -1.89. The second-order valence-corrected chi connectivity index (χ2v) is 5.03. The van der Waals surface area contributed by atoms with Gasteiger partial charge in [-0.2, -0.15) is 0 Å². The Morgan fingerprint density at radius 3 is 2.48 bits per heavy atom. The zero-order valence-electron chi connectivity index (χ0n) is 10.1. The molecule has 0 aliphatic carbocycles. The van der Waals surface area contributed by atoms with Crippen molar-refractivity contribution in [3.8, 4) is 0 Å². The Balaban J connectivity index is 2.39. The first-order chi connectivity index (χ1) is 9.88. The first-order valence-electron chi connectivity index (χ1n) is 5.39. The average Bonchev–Trinajstić information content (AvgIpc) is 2.41. The third-order valence-electron chi connectivity index (χ3n) is 2.36. The minimum atomic E-state index is -1.29. The first-order valence-corrected chi connectivity index (χ1v) is 6.53. The number of hydrogen-bond donors (Lipinski definition) is 2. The molecule has 0 atom stereocenters. The van der Waals surface area contributed by atoms with Crippen molar-refractivity contribution in [2.24, 2.45) is 0 Å². The number of aromatic carboxylic acids is 1. The number of nitrogens with zero attached hydrogens (tertiary/aromatic N) is 2. The van der Waals surface area contributed by atoms with Crippen molar-refractivity contribution in [3.05, 3.63) is 51.0 Å². The maximum Gasteiger partial charge on any atom is 0.337 e. The Morgan fingerprint density at radius 1 is 1.14 bits per heavy atom. The highest BCUT2D eigenvalue weighted by Gasteiger charge is 2.19. The van der Waals surface area contributed by atoms with E-state index in [2.05, 4.69) is 15.3 Å². The van der Waals surface area contributed by atoms with Gasteiger partial charge in [0, 0.05) is 5.02 Å². The molecule has 2 aromatic rings. The molecule has 2 N–H and O–H groups in total. The van der Waals surface area contributed by atoms with E-state index >= 15 is 0 Å². The maximum absolute atomic E-state index is 12.0. The lowest BCUT2D eigenvalue weighted by atomic mass is 10.1. The molecule has 108 valence electrons. The number of carbonyl (C=O) groups excluding carboxylic acids is 1. The molecule has 0 saturated heterocycles. The van der Waals surface area contributed by atoms with Gasteiger partial charge in [-0.15, -0.1) is 0 Å². The van der Waals surface area contributed by atoms with Crippen LogP contribution in [0.5, 0.6) is 0 Å². The summed E-state index contributed by atoms with van der Waals surface area (Å²) in [6.45, 7) is 0. The lowest BCUT2D eigenvalue weighted by Gasteiger charge is -2.10. The fraction of sp³-hybridized carbons (Fsp3) is 0. The molecular weight excluding hydrogens is 341 g/mol. The summed E-state index contributed by atoms with van der Waals surface area (Å²) in [5.41, 5.74) is -0.402. The Morgan fingerprint density at radius 2 is 1.86 bits per heavy atom. The minimum Gasteiger partial charge on any atom is -0.478 e. The van der Waals surface area contributed by atoms with E-state index in [9.17, 15) is 9.59 Å². The average molecular weight is 347 g/mol. The van der Waals surface area contributed by atoms with E-state index in [1.54, 1.807) is 0 Å². The van der Waals surface area contributed by atoms with Crippen LogP contribution < -0.4 is 5.32 Å². The van der Waals surface area contributed by atoms with Crippen LogP contribution in [0.4, 0.5) is 5.69 Å². The van der Waals surface area contributed by atoms with Gasteiger partial charge in [0.15, 0.2) is 0 Å². The number of carbonyl (C=O) groups is 2. The van der Waals surface area contributed by atoms with Crippen molar-refractivity contribution in [3.63, 3.8) is 0 Å². The highest BCUT2D eigenvalue weighted by Crippen LogP contribution is 2.30. The first kappa shape index (κ1) is 15.5. The van der Waals surface area contributed by atoms with Gasteiger partial charge in [0.1, 0.15) is 10.8 Å². The van der Waals surface area contributed by atoms with Gasteiger partial charge in [-0.05, 0) is 12.1 Å². The van der Waals surface area contributed by atoms with Crippen LogP contribution in [0.1, 0.15) is 20.8 Å². The largest absolute Gasteiger partial charge is 0.478 e. The molecule has 9 heteroatoms. The second-order valence-electron chi connectivity index (χ2n) is 3.80. The molecule has 0 spiro atoms. The lowest BCUT2D eigenvalue weighted by Crippen LogP contribution is -2.17. The normalized spacial score (nSPS) is 10.2. The fourth-order valence-corrected chi connectivity index (χ4v) is 2.19. The van der Waals surface area contributed by atoms with Crippen LogP contribution in [-0.2, 0) is 0 Å². The van der Waals surface area contributed by atoms with Gasteiger partial charge in [0.2, 0.25) is 0 Å². The Kier molecular flexibility index (Phi) is 4.62. The summed E-state index contributed by atoms with van der Waals surface area (Å²) in [7, 11) is 0. The van der Waals surface area contributed by atoms with Gasteiger partial charge in [-0.25, -0.2) is 9.78 Å². The number of amides is 1. The van der Waals surface area contributed by atoms with Gasteiger partial charge in [0.25, 0.3) is 5.91 Å². The number of carboxylic acids is 1. The molecule has 6 nitrogen and oxygen atoms in total. The van der Waals surface area contributed by atoms with E-state index < -0.39 is 11.9 Å². The standard InChI is InChI=1S/C12H6Cl3N3O3/c13-5-1-6(12(20)21)10(7(14)2-5)18-11(19)8-3-16-4-9(15)17-8/h1-4H,(H,18,19)(H,20,21). The number of halogens is 3. The van der Waals surface area contributed by atoms with Crippen molar-refractivity contribution >= 4 is 52.4 Å². The summed E-state index contributed by atoms with van der Waals surface area (Å²) >= 11 is 17.3. The van der Waals surface area contributed by atoms with Crippen LogP contribution in [0, 0.1) is 0 Å². The molecule has 2 rings (SSSR count). The predicted molar refractivity (Wildman–Crippen MR) is 78.4 cm³/mol. The topological polar surface area (TPSA) is 92.2 Å². The molecule has 1 heterocycles. The molecule has 1 amide bonds. The third kappa shape index (κ3) is 3.60. The molecule has 21 heavy (non-hydrogen) atoms. The van der Waals surface area contributed by atoms with E-state index in [0.29, 0.717) is 0 Å². The smallest absolute Gasteiger partial charge is 0.337 e. The summed E-state index contributed by atoms with van der Waals surface area (Å²) in [5, 5.41) is 11.6. The molecule has 0 radical (unpaired) electrons. The molecule has 0 saturated carbocycles. The van der Waals surface area contributed by atoms with E-state index in [-0.39, 0.29) is 32.1 Å². The second kappa shape index (κ2) is 6.26. The quantitative estimate of drug-likeness (QED) is 0.888. The van der Waals surface area contributed by atoms with E-state index in [0.717, 1.165) is 0 Å². The van der Waals surface area contributed by atoms with Crippen molar-refractivity contribution in [2.75, 3.05) is 5.32 Å². The van der Waals surface area contributed by atoms with Crippen LogP contribution in [-0.4, -0.2) is 27.0 Å². The number of rotatable bonds is 3. The summed E-state index contributed by atoms with van der Waals surface area (Å²) in [6, 6.07) is 2.49. The predicted octanol–water partition coefficient (Wildman–Crippen LogP) is 3.39. The summed E-state index contributed by atoms with van der Waals surface area (Å²) < 4.78 is 0. The zero-order valence-corrected chi connectivity index (χ0v) is 12.4. The van der Waals surface area contributed by atoms with Gasteiger partial charge in [0.05, 0.1) is 28.7 Å². The minimum absolute atomic E-state index is 0.0109. The van der Waals surface area contributed by atoms with Gasteiger partial charge < -0.3 is 10.4 Å². The number of nitrogens with one attached hydrogen (secondary N) is 1. The van der Waals surface area contributed by atoms with Crippen LogP contribution in [0.25, 0.3) is 0 Å². The molecule has 1 aromatic heterocycles. The SMILES string of the molecule is O=C(Nc1c(Cl)cc(Cl)cc1C(=O)O)c1cncc(Cl)n1. The molecule has 0 aliphatic rings. The van der Waals surface area contributed by atoms with Gasteiger partial charge >= 0.3 is 5.97 Å². The van der Waals surface area contributed by atoms with Crippen molar-refractivity contribution < 1.29 is 14.7 Å². The molecule has 0 unspecified atom stereocenters. The third-order valence-corrected chi connectivity index (χ3v) is 3.06. The van der Waals surface area contributed by atoms with E-state index in [1.165, 1.54) is 24.5 Å². The van der Waals surface area contributed by atoms with Crippen LogP contribution in [0.15, 0.2) is 24.5 Å². The Bertz CT molecular complexity index is 737. The van der Waals surface area contributed by atoms with Crippen molar-refractivity contribution in [2.45, 2.75) is 0 Å². The number of hydrogen-bond acceptors (Lipinski definition) is 4. The molecule has 0 bridgehead atoms. The zero-order chi connectivity index (χ0) is 15.6. The van der Waals surface area contributed by atoms with Gasteiger partial charge in [-0.3, -0.25) is 9.78 Å². The van der Waals surface area contributed by atoms with Crippen LogP contribution >= 0.6 is 34.8 Å². The van der Waals surface area contributed by atoms with E-state index in [1.807, 2.05) is 0 Å².